The lowest BCUT2D eigenvalue weighted by atomic mass is 10.1. The third-order valence-corrected chi connectivity index (χ3v) is 4.96. The highest BCUT2D eigenvalue weighted by atomic mass is 19.1. The summed E-state index contributed by atoms with van der Waals surface area (Å²) >= 11 is 0. The van der Waals surface area contributed by atoms with Gasteiger partial charge in [-0.2, -0.15) is 0 Å². The molecule has 1 saturated heterocycles. The second kappa shape index (κ2) is 5.98. The van der Waals surface area contributed by atoms with Crippen LogP contribution in [-0.4, -0.2) is 46.4 Å². The van der Waals surface area contributed by atoms with Crippen molar-refractivity contribution in [3.05, 3.63) is 54.4 Å². The summed E-state index contributed by atoms with van der Waals surface area (Å²) in [4.78, 5) is 30.3. The van der Waals surface area contributed by atoms with Gasteiger partial charge in [-0.3, -0.25) is 14.5 Å². The van der Waals surface area contributed by atoms with E-state index in [-0.39, 0.29) is 35.8 Å². The summed E-state index contributed by atoms with van der Waals surface area (Å²) in [6.45, 7) is 4.86. The number of rotatable bonds is 3. The maximum absolute atomic E-state index is 14.1. The Kier molecular flexibility index (Phi) is 3.75. The van der Waals surface area contributed by atoms with Gasteiger partial charge in [0.1, 0.15) is 17.5 Å². The molecule has 2 aliphatic heterocycles. The number of anilines is 1. The highest BCUT2D eigenvalue weighted by molar-refractivity contribution is 6.07. The largest absolute Gasteiger partial charge is 0.506 e. The lowest BCUT2D eigenvalue weighted by Gasteiger charge is -2.37. The molecule has 1 aromatic heterocycles. The maximum Gasteiger partial charge on any atom is 0.302 e. The Labute approximate surface area is 149 Å². The molecule has 3 heterocycles. The van der Waals surface area contributed by atoms with Crippen LogP contribution in [0.5, 0.6) is 5.75 Å². The third kappa shape index (κ3) is 2.37. The van der Waals surface area contributed by atoms with Gasteiger partial charge in [-0.25, -0.2) is 13.9 Å². The van der Waals surface area contributed by atoms with Crippen LogP contribution in [0.3, 0.4) is 0 Å². The first kappa shape index (κ1) is 16.3. The van der Waals surface area contributed by atoms with Crippen LogP contribution in [0.1, 0.15) is 22.2 Å². The first-order valence-corrected chi connectivity index (χ1v) is 8.33. The molecule has 26 heavy (non-hydrogen) atoms. The summed E-state index contributed by atoms with van der Waals surface area (Å²) in [6.07, 6.45) is 3.52. The number of hydrogen-bond donors (Lipinski definition) is 2. The summed E-state index contributed by atoms with van der Waals surface area (Å²) in [5.74, 6) is -1.40. The van der Waals surface area contributed by atoms with E-state index < -0.39 is 5.82 Å². The minimum absolute atomic E-state index is 0.0973. The predicted octanol–water partition coefficient (Wildman–Crippen LogP) is 0.919. The van der Waals surface area contributed by atoms with E-state index in [1.807, 2.05) is 4.57 Å². The lowest BCUT2D eigenvalue weighted by molar-refractivity contribution is -0.737. The van der Waals surface area contributed by atoms with E-state index >= 15 is 0 Å². The molecule has 0 saturated carbocycles. The molecule has 0 atom stereocenters. The Morgan fingerprint density at radius 2 is 2.19 bits per heavy atom. The fourth-order valence-electron chi connectivity index (χ4n) is 3.57. The number of phenols is 1. The molecule has 0 aliphatic carbocycles. The minimum Gasteiger partial charge on any atom is -0.506 e. The van der Waals surface area contributed by atoms with Gasteiger partial charge in [-0.1, -0.05) is 12.6 Å². The van der Waals surface area contributed by atoms with Crippen LogP contribution in [0.15, 0.2) is 37.2 Å². The normalized spacial score (nSPS) is 17.0. The number of nitrogens with zero attached hydrogens (tertiary/aromatic N) is 3. The molecule has 2 aromatic rings. The molecule has 2 amide bonds. The monoisotopic (exact) mass is 357 g/mol. The summed E-state index contributed by atoms with van der Waals surface area (Å²) in [5, 5.41) is 9.96. The van der Waals surface area contributed by atoms with Crippen molar-refractivity contribution in [3.8, 4) is 5.75 Å². The van der Waals surface area contributed by atoms with E-state index in [0.29, 0.717) is 25.2 Å². The fraction of sp³-hybridized carbons (Fsp3) is 0.278. The summed E-state index contributed by atoms with van der Waals surface area (Å²) in [6, 6.07) is 4.06. The van der Waals surface area contributed by atoms with Crippen molar-refractivity contribution in [1.82, 2.24) is 9.88 Å². The molecule has 2 aliphatic rings. The molecule has 0 bridgehead atoms. The summed E-state index contributed by atoms with van der Waals surface area (Å²) in [7, 11) is 0. The Bertz CT molecular complexity index is 897. The number of H-pyrrole nitrogens is 1. The van der Waals surface area contributed by atoms with Crippen molar-refractivity contribution in [3.63, 3.8) is 0 Å². The quantitative estimate of drug-likeness (QED) is 0.633. The molecule has 7 nitrogen and oxygen atoms in total. The molecular weight excluding hydrogens is 339 g/mol. The van der Waals surface area contributed by atoms with E-state index in [1.54, 1.807) is 11.2 Å². The molecule has 1 aromatic carbocycles. The number of para-hydroxylation sites is 1. The molecule has 1 fully saturated rings. The smallest absolute Gasteiger partial charge is 0.302 e. The highest BCUT2D eigenvalue weighted by Crippen LogP contribution is 2.33. The van der Waals surface area contributed by atoms with E-state index in [2.05, 4.69) is 11.6 Å². The van der Waals surface area contributed by atoms with Crippen molar-refractivity contribution >= 4 is 17.5 Å². The van der Waals surface area contributed by atoms with Crippen LogP contribution in [0.4, 0.5) is 10.1 Å². The van der Waals surface area contributed by atoms with E-state index in [4.69, 9.17) is 0 Å². The number of nitrogens with one attached hydrogen (secondary N) is 1. The predicted molar refractivity (Wildman–Crippen MR) is 90.2 cm³/mol. The number of aromatic amines is 1. The van der Waals surface area contributed by atoms with E-state index in [1.165, 1.54) is 29.2 Å². The van der Waals surface area contributed by atoms with Crippen molar-refractivity contribution in [2.75, 3.05) is 24.5 Å². The number of likely N-dealkylation sites (tertiary alicyclic amines) is 1. The molecule has 2 N–H and O–H groups in total. The topological polar surface area (TPSA) is 80.5 Å². The van der Waals surface area contributed by atoms with Gasteiger partial charge in [0, 0.05) is 13.0 Å². The number of amides is 2. The van der Waals surface area contributed by atoms with E-state index in [0.717, 1.165) is 5.69 Å². The minimum atomic E-state index is -0.640. The average Bonchev–Trinajstić information content (AvgIpc) is 2.99. The van der Waals surface area contributed by atoms with Gasteiger partial charge >= 0.3 is 5.91 Å². The summed E-state index contributed by atoms with van der Waals surface area (Å²) < 4.78 is 16.1. The number of hydrogen-bond acceptors (Lipinski definition) is 3. The highest BCUT2D eigenvalue weighted by Gasteiger charge is 2.41. The molecule has 4 rings (SSSR count). The van der Waals surface area contributed by atoms with Gasteiger partial charge in [0.2, 0.25) is 17.9 Å². The molecule has 0 spiro atoms. The number of aromatic hydroxyl groups is 1. The number of imidazole rings is 1. The van der Waals surface area contributed by atoms with Gasteiger partial charge in [-0.15, -0.1) is 0 Å². The zero-order chi connectivity index (χ0) is 18.4. The Hall–Kier alpha value is -3.16. The maximum atomic E-state index is 14.1. The number of carbonyl (C=O) groups is 2. The number of halogens is 1. The Morgan fingerprint density at radius 1 is 1.42 bits per heavy atom. The van der Waals surface area contributed by atoms with Crippen molar-refractivity contribution in [1.29, 1.82) is 0 Å². The molecule has 0 radical (unpaired) electrons. The molecule has 134 valence electrons. The van der Waals surface area contributed by atoms with Crippen LogP contribution in [-0.2, 0) is 11.2 Å². The van der Waals surface area contributed by atoms with Crippen LogP contribution < -0.4 is 9.47 Å². The Balaban J connectivity index is 1.59. The van der Waals surface area contributed by atoms with Gasteiger partial charge < -0.3 is 10.0 Å². The third-order valence-electron chi connectivity index (χ3n) is 4.96. The van der Waals surface area contributed by atoms with Crippen LogP contribution >= 0.6 is 0 Å². The summed E-state index contributed by atoms with van der Waals surface area (Å²) in [5.41, 5.74) is 1.11. The SMILES string of the molecule is C=CC(=O)N1CC([n+]2c[nH]c3c2CCN(c2c(O)cccc2F)C3=O)C1. The van der Waals surface area contributed by atoms with Gasteiger partial charge in [-0.05, 0) is 18.2 Å². The molecular formula is C18H18FN4O3+. The van der Waals surface area contributed by atoms with Crippen LogP contribution in [0, 0.1) is 5.82 Å². The van der Waals surface area contributed by atoms with Gasteiger partial charge in [0.05, 0.1) is 13.1 Å². The molecule has 0 unspecified atom stereocenters. The van der Waals surface area contributed by atoms with E-state index in [9.17, 15) is 19.1 Å². The van der Waals surface area contributed by atoms with Crippen molar-refractivity contribution < 1.29 is 23.7 Å². The zero-order valence-electron chi connectivity index (χ0n) is 14.0. The average molecular weight is 357 g/mol. The number of phenolic OH excluding ortho intramolecular Hbond substituents is 1. The van der Waals surface area contributed by atoms with Crippen LogP contribution in [0.25, 0.3) is 0 Å². The number of carbonyl (C=O) groups excluding carboxylic acids is 2. The number of benzene rings is 1. The molecule has 8 heteroatoms. The second-order valence-corrected chi connectivity index (χ2v) is 6.42. The number of aromatic nitrogens is 2. The first-order valence-electron chi connectivity index (χ1n) is 8.33. The zero-order valence-corrected chi connectivity index (χ0v) is 14.0. The van der Waals surface area contributed by atoms with Crippen LogP contribution in [0.2, 0.25) is 0 Å². The Morgan fingerprint density at radius 3 is 2.88 bits per heavy atom. The standard InChI is InChI=1S/C18H17FN4O3/c1-2-15(25)21-8-11(9-21)23-10-20-16-13(23)6-7-22(18(16)26)17-12(19)4-3-5-14(17)24/h2-5,10-11,24H,1,6-9H2/p+1. The van der Waals surface area contributed by atoms with Gasteiger partial charge in [0.25, 0.3) is 0 Å². The van der Waals surface area contributed by atoms with Gasteiger partial charge in [0.15, 0.2) is 11.5 Å². The lowest BCUT2D eigenvalue weighted by Crippen LogP contribution is -2.61. The first-order chi connectivity index (χ1) is 12.5. The van der Waals surface area contributed by atoms with Crippen molar-refractivity contribution in [2.24, 2.45) is 0 Å². The second-order valence-electron chi connectivity index (χ2n) is 6.42. The van der Waals surface area contributed by atoms with Crippen molar-refractivity contribution in [2.45, 2.75) is 12.5 Å². The fourth-order valence-corrected chi connectivity index (χ4v) is 3.57. The number of fused-ring (bicyclic) bond motifs is 1.